The van der Waals surface area contributed by atoms with E-state index in [-0.39, 0.29) is 0 Å². The second-order valence-corrected chi connectivity index (χ2v) is 6.16. The van der Waals surface area contributed by atoms with E-state index in [9.17, 15) is 0 Å². The molecule has 1 aromatic carbocycles. The molecule has 1 saturated heterocycles. The summed E-state index contributed by atoms with van der Waals surface area (Å²) in [6, 6.07) is 8.82. The molecule has 4 nitrogen and oxygen atoms in total. The van der Waals surface area contributed by atoms with Crippen molar-refractivity contribution < 1.29 is 0 Å². The van der Waals surface area contributed by atoms with Crippen LogP contribution in [0.15, 0.2) is 43.0 Å². The molecule has 0 bridgehead atoms. The summed E-state index contributed by atoms with van der Waals surface area (Å²) in [5, 5.41) is 3.48. The molecule has 1 aromatic heterocycles. The first-order valence-electron chi connectivity index (χ1n) is 8.35. The molecule has 1 N–H and O–H groups in total. The minimum absolute atomic E-state index is 0.861. The lowest BCUT2D eigenvalue weighted by Crippen LogP contribution is -2.36. The van der Waals surface area contributed by atoms with Crippen molar-refractivity contribution in [3.05, 3.63) is 48.5 Å². The van der Waals surface area contributed by atoms with E-state index in [2.05, 4.69) is 46.4 Å². The molecule has 0 radical (unpaired) electrons. The van der Waals surface area contributed by atoms with Crippen LogP contribution >= 0.6 is 0 Å². The van der Waals surface area contributed by atoms with Crippen molar-refractivity contribution in [1.82, 2.24) is 19.8 Å². The van der Waals surface area contributed by atoms with Crippen LogP contribution in [0.5, 0.6) is 0 Å². The summed E-state index contributed by atoms with van der Waals surface area (Å²) < 4.78 is 2.04. The summed E-state index contributed by atoms with van der Waals surface area (Å²) in [5.74, 6) is 0.861. The zero-order chi connectivity index (χ0) is 15.2. The van der Waals surface area contributed by atoms with Crippen molar-refractivity contribution in [2.45, 2.75) is 26.3 Å². The maximum absolute atomic E-state index is 4.09. The van der Waals surface area contributed by atoms with E-state index in [1.165, 1.54) is 43.7 Å². The van der Waals surface area contributed by atoms with E-state index in [0.717, 1.165) is 19.0 Å². The number of aromatic nitrogens is 2. The van der Waals surface area contributed by atoms with Crippen molar-refractivity contribution in [3.8, 4) is 5.69 Å². The molecule has 22 heavy (non-hydrogen) atoms. The molecule has 1 aliphatic heterocycles. The Bertz CT molecular complexity index is 539. The highest BCUT2D eigenvalue weighted by Gasteiger charge is 2.18. The Labute approximate surface area is 133 Å². The van der Waals surface area contributed by atoms with Gasteiger partial charge in [-0.3, -0.25) is 4.90 Å². The Morgan fingerprint density at radius 1 is 1.18 bits per heavy atom. The Kier molecular flexibility index (Phi) is 5.24. The standard InChI is InChI=1S/C18H26N4/c1-2-19-13-16-7-10-21(11-8-16)14-17-3-5-18(6-4-17)22-12-9-20-15-22/h3-6,9,12,15-16,19H,2,7-8,10-11,13-14H2,1H3. The van der Waals surface area contributed by atoms with Gasteiger partial charge in [-0.05, 0) is 62.6 Å². The predicted octanol–water partition coefficient (Wildman–Crippen LogP) is 2.69. The number of nitrogens with zero attached hydrogens (tertiary/aromatic N) is 3. The lowest BCUT2D eigenvalue weighted by molar-refractivity contribution is 0.176. The summed E-state index contributed by atoms with van der Waals surface area (Å²) in [4.78, 5) is 6.67. The van der Waals surface area contributed by atoms with Gasteiger partial charge < -0.3 is 9.88 Å². The molecule has 2 heterocycles. The number of hydrogen-bond acceptors (Lipinski definition) is 3. The van der Waals surface area contributed by atoms with Gasteiger partial charge in [0.05, 0.1) is 6.33 Å². The molecule has 2 aromatic rings. The Morgan fingerprint density at radius 2 is 1.95 bits per heavy atom. The average Bonchev–Trinajstić information content (AvgIpc) is 3.09. The minimum Gasteiger partial charge on any atom is -0.317 e. The molecule has 0 amide bonds. The minimum atomic E-state index is 0.861. The van der Waals surface area contributed by atoms with E-state index >= 15 is 0 Å². The normalized spacial score (nSPS) is 17.0. The molecule has 0 aliphatic carbocycles. The first-order valence-corrected chi connectivity index (χ1v) is 8.35. The summed E-state index contributed by atoms with van der Waals surface area (Å²) in [5.41, 5.74) is 2.57. The van der Waals surface area contributed by atoms with Crippen molar-refractivity contribution in [3.63, 3.8) is 0 Å². The number of benzene rings is 1. The molecule has 0 saturated carbocycles. The highest BCUT2D eigenvalue weighted by atomic mass is 15.1. The second-order valence-electron chi connectivity index (χ2n) is 6.16. The molecule has 4 heteroatoms. The topological polar surface area (TPSA) is 33.1 Å². The fraction of sp³-hybridized carbons (Fsp3) is 0.500. The van der Waals surface area contributed by atoms with Crippen LogP contribution < -0.4 is 5.32 Å². The molecule has 0 atom stereocenters. The third-order valence-electron chi connectivity index (χ3n) is 4.54. The van der Waals surface area contributed by atoms with E-state index < -0.39 is 0 Å². The molecule has 118 valence electrons. The van der Waals surface area contributed by atoms with Crippen LogP contribution in [0.2, 0.25) is 0 Å². The van der Waals surface area contributed by atoms with Crippen LogP contribution in [-0.4, -0.2) is 40.6 Å². The van der Waals surface area contributed by atoms with Gasteiger partial charge in [0.2, 0.25) is 0 Å². The van der Waals surface area contributed by atoms with E-state index in [1.807, 2.05) is 23.3 Å². The van der Waals surface area contributed by atoms with Crippen LogP contribution in [-0.2, 0) is 6.54 Å². The number of piperidine rings is 1. The number of rotatable bonds is 6. The first kappa shape index (κ1) is 15.3. The van der Waals surface area contributed by atoms with Gasteiger partial charge in [-0.2, -0.15) is 0 Å². The van der Waals surface area contributed by atoms with Gasteiger partial charge in [0, 0.05) is 24.6 Å². The first-order chi connectivity index (χ1) is 10.8. The SMILES string of the molecule is CCNCC1CCN(Cc2ccc(-n3ccnc3)cc2)CC1. The Hall–Kier alpha value is -1.65. The van der Waals surface area contributed by atoms with Gasteiger partial charge in [0.25, 0.3) is 0 Å². The van der Waals surface area contributed by atoms with E-state index in [4.69, 9.17) is 0 Å². The van der Waals surface area contributed by atoms with Gasteiger partial charge in [-0.1, -0.05) is 19.1 Å². The van der Waals surface area contributed by atoms with Crippen LogP contribution in [0.25, 0.3) is 5.69 Å². The van der Waals surface area contributed by atoms with Gasteiger partial charge >= 0.3 is 0 Å². The molecule has 3 rings (SSSR count). The van der Waals surface area contributed by atoms with Crippen LogP contribution in [0, 0.1) is 5.92 Å². The summed E-state index contributed by atoms with van der Waals surface area (Å²) in [6.45, 7) is 7.97. The fourth-order valence-corrected chi connectivity index (χ4v) is 3.14. The lowest BCUT2D eigenvalue weighted by Gasteiger charge is -2.32. The highest BCUT2D eigenvalue weighted by molar-refractivity contribution is 5.34. The van der Waals surface area contributed by atoms with Crippen molar-refractivity contribution in [2.75, 3.05) is 26.2 Å². The smallest absolute Gasteiger partial charge is 0.0991 e. The Morgan fingerprint density at radius 3 is 2.59 bits per heavy atom. The van der Waals surface area contributed by atoms with Crippen LogP contribution in [0.1, 0.15) is 25.3 Å². The summed E-state index contributed by atoms with van der Waals surface area (Å²) >= 11 is 0. The van der Waals surface area contributed by atoms with E-state index in [1.54, 1.807) is 0 Å². The molecule has 0 spiro atoms. The van der Waals surface area contributed by atoms with Gasteiger partial charge in [0.1, 0.15) is 0 Å². The molecule has 0 unspecified atom stereocenters. The summed E-state index contributed by atoms with van der Waals surface area (Å²) in [6.07, 6.45) is 8.26. The number of hydrogen-bond donors (Lipinski definition) is 1. The second kappa shape index (κ2) is 7.56. The largest absolute Gasteiger partial charge is 0.317 e. The maximum Gasteiger partial charge on any atom is 0.0991 e. The van der Waals surface area contributed by atoms with Crippen LogP contribution in [0.4, 0.5) is 0 Å². The van der Waals surface area contributed by atoms with Crippen molar-refractivity contribution in [2.24, 2.45) is 5.92 Å². The molecular formula is C18H26N4. The fourth-order valence-electron chi connectivity index (χ4n) is 3.14. The third-order valence-corrected chi connectivity index (χ3v) is 4.54. The molecule has 1 fully saturated rings. The quantitative estimate of drug-likeness (QED) is 0.890. The predicted molar refractivity (Wildman–Crippen MR) is 90.1 cm³/mol. The maximum atomic E-state index is 4.09. The van der Waals surface area contributed by atoms with E-state index in [0.29, 0.717) is 0 Å². The number of nitrogens with one attached hydrogen (secondary N) is 1. The lowest BCUT2D eigenvalue weighted by atomic mass is 9.96. The number of imidazole rings is 1. The number of likely N-dealkylation sites (tertiary alicyclic amines) is 1. The van der Waals surface area contributed by atoms with Crippen LogP contribution in [0.3, 0.4) is 0 Å². The monoisotopic (exact) mass is 298 g/mol. The average molecular weight is 298 g/mol. The Balaban J connectivity index is 1.50. The van der Waals surface area contributed by atoms with Gasteiger partial charge in [-0.25, -0.2) is 4.98 Å². The highest BCUT2D eigenvalue weighted by Crippen LogP contribution is 2.19. The molecule has 1 aliphatic rings. The van der Waals surface area contributed by atoms with Crippen molar-refractivity contribution >= 4 is 0 Å². The molecular weight excluding hydrogens is 272 g/mol. The van der Waals surface area contributed by atoms with Crippen molar-refractivity contribution in [1.29, 1.82) is 0 Å². The van der Waals surface area contributed by atoms with Gasteiger partial charge in [-0.15, -0.1) is 0 Å². The van der Waals surface area contributed by atoms with Gasteiger partial charge in [0.15, 0.2) is 0 Å². The third kappa shape index (κ3) is 3.96. The summed E-state index contributed by atoms with van der Waals surface area (Å²) in [7, 11) is 0. The zero-order valence-electron chi connectivity index (χ0n) is 13.4. The zero-order valence-corrected chi connectivity index (χ0v) is 13.4.